The number of nitrogens with two attached hydrogens (primary N) is 1. The van der Waals surface area contributed by atoms with Gasteiger partial charge >= 0.3 is 0 Å². The Morgan fingerprint density at radius 3 is 2.80 bits per heavy atom. The molecule has 1 fully saturated rings. The summed E-state index contributed by atoms with van der Waals surface area (Å²) in [7, 11) is 0. The van der Waals surface area contributed by atoms with E-state index in [2.05, 4.69) is 6.58 Å². The molecule has 0 saturated heterocycles. The van der Waals surface area contributed by atoms with Crippen LogP contribution in [0.4, 0.5) is 5.82 Å². The molecular formula is C15H15Cl2N3. The van der Waals surface area contributed by atoms with Crippen molar-refractivity contribution in [2.24, 2.45) is 0 Å². The van der Waals surface area contributed by atoms with Crippen molar-refractivity contribution in [3.63, 3.8) is 0 Å². The van der Waals surface area contributed by atoms with E-state index in [1.165, 1.54) is 0 Å². The topological polar surface area (TPSA) is 43.8 Å². The van der Waals surface area contributed by atoms with Gasteiger partial charge < -0.3 is 10.3 Å². The Labute approximate surface area is 128 Å². The van der Waals surface area contributed by atoms with Gasteiger partial charge in [0, 0.05) is 18.0 Å². The number of hydrogen-bond acceptors (Lipinski definition) is 2. The first-order valence-corrected chi connectivity index (χ1v) is 7.30. The monoisotopic (exact) mass is 307 g/mol. The zero-order valence-corrected chi connectivity index (χ0v) is 12.5. The molecule has 3 nitrogen and oxygen atoms in total. The zero-order chi connectivity index (χ0) is 14.3. The van der Waals surface area contributed by atoms with E-state index in [-0.39, 0.29) is 0 Å². The van der Waals surface area contributed by atoms with E-state index in [1.807, 2.05) is 22.8 Å². The van der Waals surface area contributed by atoms with Crippen molar-refractivity contribution < 1.29 is 0 Å². The average Bonchev–Trinajstić information content (AvgIpc) is 3.22. The first-order valence-electron chi connectivity index (χ1n) is 6.54. The first-order chi connectivity index (χ1) is 9.63. The molecule has 0 unspecified atom stereocenters. The minimum Gasteiger partial charge on any atom is -0.383 e. The van der Waals surface area contributed by atoms with Crippen LogP contribution in [0.25, 0.3) is 11.3 Å². The molecule has 3 rings (SSSR count). The van der Waals surface area contributed by atoms with E-state index in [0.29, 0.717) is 34.0 Å². The molecule has 1 aliphatic rings. The third-order valence-electron chi connectivity index (χ3n) is 3.50. The molecule has 1 aliphatic carbocycles. The summed E-state index contributed by atoms with van der Waals surface area (Å²) >= 11 is 12.4. The average molecular weight is 308 g/mol. The molecule has 1 aromatic heterocycles. The Morgan fingerprint density at radius 2 is 2.15 bits per heavy atom. The molecule has 1 aromatic carbocycles. The maximum Gasteiger partial charge on any atom is 0.132 e. The first kappa shape index (κ1) is 13.5. The Bertz CT molecular complexity index is 672. The molecule has 0 bridgehead atoms. The summed E-state index contributed by atoms with van der Waals surface area (Å²) in [5.74, 6) is 2.15. The highest BCUT2D eigenvalue weighted by atomic mass is 35.5. The Balaban J connectivity index is 2.16. The number of halogens is 2. The van der Waals surface area contributed by atoms with Gasteiger partial charge in [-0.2, -0.15) is 0 Å². The number of anilines is 1. The van der Waals surface area contributed by atoms with Gasteiger partial charge in [-0.05, 0) is 18.9 Å². The van der Waals surface area contributed by atoms with Crippen LogP contribution < -0.4 is 5.73 Å². The summed E-state index contributed by atoms with van der Waals surface area (Å²) in [5, 5.41) is 1.00. The summed E-state index contributed by atoms with van der Waals surface area (Å²) in [6, 6.07) is 5.50. The highest BCUT2D eigenvalue weighted by Crippen LogP contribution is 2.43. The third kappa shape index (κ3) is 2.21. The Hall–Kier alpha value is -1.45. The van der Waals surface area contributed by atoms with Gasteiger partial charge in [0.1, 0.15) is 17.3 Å². The minimum atomic E-state index is 0.492. The number of imidazole rings is 1. The van der Waals surface area contributed by atoms with Crippen LogP contribution in [0.15, 0.2) is 30.9 Å². The lowest BCUT2D eigenvalue weighted by molar-refractivity contribution is 0.750. The maximum atomic E-state index is 6.28. The van der Waals surface area contributed by atoms with Gasteiger partial charge in [0.05, 0.1) is 10.0 Å². The lowest BCUT2D eigenvalue weighted by Gasteiger charge is -2.06. The van der Waals surface area contributed by atoms with E-state index >= 15 is 0 Å². The smallest absolute Gasteiger partial charge is 0.132 e. The normalized spacial score (nSPS) is 14.5. The lowest BCUT2D eigenvalue weighted by Crippen LogP contribution is -2.05. The molecule has 1 saturated carbocycles. The molecule has 0 atom stereocenters. The van der Waals surface area contributed by atoms with Gasteiger partial charge in [-0.1, -0.05) is 41.4 Å². The summed E-state index contributed by atoms with van der Waals surface area (Å²) in [5.41, 5.74) is 7.75. The Morgan fingerprint density at radius 1 is 1.40 bits per heavy atom. The quantitative estimate of drug-likeness (QED) is 0.845. The Kier molecular flexibility index (Phi) is 3.48. The molecule has 5 heteroatoms. The molecule has 2 N–H and O–H groups in total. The molecule has 2 aromatic rings. The third-order valence-corrected chi connectivity index (χ3v) is 4.32. The second kappa shape index (κ2) is 5.15. The van der Waals surface area contributed by atoms with Crippen LogP contribution in [-0.4, -0.2) is 9.55 Å². The number of nitrogens with zero attached hydrogens (tertiary/aromatic N) is 2. The molecule has 0 amide bonds. The molecule has 20 heavy (non-hydrogen) atoms. The van der Waals surface area contributed by atoms with Crippen molar-refractivity contribution in [2.45, 2.75) is 25.3 Å². The van der Waals surface area contributed by atoms with Crippen LogP contribution in [0.1, 0.15) is 24.6 Å². The van der Waals surface area contributed by atoms with Gasteiger partial charge in [0.2, 0.25) is 0 Å². The summed E-state index contributed by atoms with van der Waals surface area (Å²) < 4.78 is 2.01. The van der Waals surface area contributed by atoms with Crippen molar-refractivity contribution in [3.05, 3.63) is 46.7 Å². The van der Waals surface area contributed by atoms with Crippen LogP contribution in [-0.2, 0) is 6.54 Å². The fourth-order valence-corrected chi connectivity index (χ4v) is 2.73. The van der Waals surface area contributed by atoms with E-state index < -0.39 is 0 Å². The predicted octanol–water partition coefficient (Wildman–Crippen LogP) is 4.50. The second-order valence-corrected chi connectivity index (χ2v) is 5.76. The van der Waals surface area contributed by atoms with E-state index in [0.717, 1.165) is 24.2 Å². The fourth-order valence-electron chi connectivity index (χ4n) is 2.34. The van der Waals surface area contributed by atoms with Crippen LogP contribution in [0.3, 0.4) is 0 Å². The van der Waals surface area contributed by atoms with Gasteiger partial charge in [-0.25, -0.2) is 4.98 Å². The van der Waals surface area contributed by atoms with Gasteiger partial charge in [0.15, 0.2) is 0 Å². The molecule has 0 radical (unpaired) electrons. The predicted molar refractivity (Wildman–Crippen MR) is 84.3 cm³/mol. The number of rotatable bonds is 4. The van der Waals surface area contributed by atoms with Crippen molar-refractivity contribution in [1.29, 1.82) is 0 Å². The highest BCUT2D eigenvalue weighted by molar-refractivity contribution is 6.43. The van der Waals surface area contributed by atoms with E-state index in [4.69, 9.17) is 33.9 Å². The fraction of sp³-hybridized carbons (Fsp3) is 0.267. The molecule has 0 spiro atoms. The second-order valence-electron chi connectivity index (χ2n) is 4.98. The summed E-state index contributed by atoms with van der Waals surface area (Å²) in [4.78, 5) is 4.71. The number of hydrogen-bond donors (Lipinski definition) is 1. The van der Waals surface area contributed by atoms with Crippen molar-refractivity contribution in [2.75, 3.05) is 5.73 Å². The van der Waals surface area contributed by atoms with Crippen LogP contribution >= 0.6 is 23.2 Å². The van der Waals surface area contributed by atoms with E-state index in [1.54, 1.807) is 6.07 Å². The maximum absolute atomic E-state index is 6.28. The van der Waals surface area contributed by atoms with Crippen molar-refractivity contribution in [1.82, 2.24) is 9.55 Å². The van der Waals surface area contributed by atoms with Crippen molar-refractivity contribution in [3.8, 4) is 11.3 Å². The van der Waals surface area contributed by atoms with Crippen LogP contribution in [0, 0.1) is 0 Å². The largest absolute Gasteiger partial charge is 0.383 e. The standard InChI is InChI=1S/C15H15Cl2N3/c1-2-8-20-14(18)13(19-15(20)9-6-7-9)10-4-3-5-11(16)12(10)17/h2-5,9H,1,6-8,18H2. The zero-order valence-electron chi connectivity index (χ0n) is 10.9. The van der Waals surface area contributed by atoms with E-state index in [9.17, 15) is 0 Å². The molecule has 1 heterocycles. The van der Waals surface area contributed by atoms with Gasteiger partial charge in [-0.3, -0.25) is 0 Å². The SMILES string of the molecule is C=CCn1c(C2CC2)nc(-c2cccc(Cl)c2Cl)c1N. The summed E-state index contributed by atoms with van der Waals surface area (Å²) in [6.07, 6.45) is 4.15. The van der Waals surface area contributed by atoms with Crippen molar-refractivity contribution >= 4 is 29.0 Å². The summed E-state index contributed by atoms with van der Waals surface area (Å²) in [6.45, 7) is 4.44. The van der Waals surface area contributed by atoms with Gasteiger partial charge in [0.25, 0.3) is 0 Å². The lowest BCUT2D eigenvalue weighted by atomic mass is 10.1. The number of allylic oxidation sites excluding steroid dienone is 1. The highest BCUT2D eigenvalue weighted by Gasteiger charge is 2.31. The molecular weight excluding hydrogens is 293 g/mol. The molecule has 0 aliphatic heterocycles. The molecule has 104 valence electrons. The minimum absolute atomic E-state index is 0.492. The number of nitrogen functional groups attached to an aromatic ring is 1. The van der Waals surface area contributed by atoms with Crippen LogP contribution in [0.5, 0.6) is 0 Å². The van der Waals surface area contributed by atoms with Crippen LogP contribution in [0.2, 0.25) is 10.0 Å². The van der Waals surface area contributed by atoms with Gasteiger partial charge in [-0.15, -0.1) is 6.58 Å². The number of benzene rings is 1. The number of aromatic nitrogens is 2.